The van der Waals surface area contributed by atoms with Crippen molar-refractivity contribution in [3.63, 3.8) is 0 Å². The normalized spacial score (nSPS) is 30.0. The zero-order valence-electron chi connectivity index (χ0n) is 14.0. The Bertz CT molecular complexity index is 471. The summed E-state index contributed by atoms with van der Waals surface area (Å²) >= 11 is 0. The van der Waals surface area contributed by atoms with E-state index >= 15 is 0 Å². The van der Waals surface area contributed by atoms with Crippen LogP contribution in [0.4, 0.5) is 0 Å². The predicted octanol–water partition coefficient (Wildman–Crippen LogP) is 4.74. The second-order valence-corrected chi connectivity index (χ2v) is 8.24. The molecule has 1 heteroatoms. The third kappa shape index (κ3) is 3.51. The third-order valence-electron chi connectivity index (χ3n) is 5.67. The summed E-state index contributed by atoms with van der Waals surface area (Å²) in [5.74, 6) is 0.837. The molecule has 3 rings (SSSR count). The fourth-order valence-electron chi connectivity index (χ4n) is 4.51. The van der Waals surface area contributed by atoms with Crippen molar-refractivity contribution >= 4 is 0 Å². The molecule has 3 atom stereocenters. The summed E-state index contributed by atoms with van der Waals surface area (Å²) in [6, 6.07) is 10.4. The van der Waals surface area contributed by atoms with E-state index in [0.29, 0.717) is 11.5 Å². The Kier molecular flexibility index (Phi) is 4.40. The van der Waals surface area contributed by atoms with Crippen molar-refractivity contribution < 1.29 is 0 Å². The molecule has 0 saturated heterocycles. The summed E-state index contributed by atoms with van der Waals surface area (Å²) in [4.78, 5) is 0. The number of nitrogens with one attached hydrogen (secondary N) is 1. The predicted molar refractivity (Wildman–Crippen MR) is 90.6 cm³/mol. The van der Waals surface area contributed by atoms with E-state index in [1.54, 1.807) is 11.1 Å². The van der Waals surface area contributed by atoms with Gasteiger partial charge < -0.3 is 5.32 Å². The Balaban J connectivity index is 1.66. The molecule has 116 valence electrons. The minimum Gasteiger partial charge on any atom is -0.311 e. The maximum Gasteiger partial charge on any atom is 0.0113 e. The molecule has 0 amide bonds. The number of fused-ring (bicyclic) bond motifs is 1. The van der Waals surface area contributed by atoms with Crippen molar-refractivity contribution in [1.82, 2.24) is 5.32 Å². The molecule has 0 aliphatic heterocycles. The lowest BCUT2D eigenvalue weighted by molar-refractivity contribution is 0.121. The summed E-state index contributed by atoms with van der Waals surface area (Å²) in [6.07, 6.45) is 9.40. The molecule has 1 nitrogen and oxygen atoms in total. The van der Waals surface area contributed by atoms with Gasteiger partial charge in [-0.15, -0.1) is 0 Å². The van der Waals surface area contributed by atoms with E-state index in [4.69, 9.17) is 0 Å². The Morgan fingerprint density at radius 3 is 2.43 bits per heavy atom. The Labute approximate surface area is 130 Å². The molecule has 1 aromatic carbocycles. The summed E-state index contributed by atoms with van der Waals surface area (Å²) < 4.78 is 0. The van der Waals surface area contributed by atoms with Crippen molar-refractivity contribution in [3.05, 3.63) is 35.4 Å². The molecule has 0 radical (unpaired) electrons. The van der Waals surface area contributed by atoms with Crippen LogP contribution in [-0.2, 0) is 12.8 Å². The Hall–Kier alpha value is -0.820. The smallest absolute Gasteiger partial charge is 0.0113 e. The van der Waals surface area contributed by atoms with Gasteiger partial charge in [-0.3, -0.25) is 0 Å². The van der Waals surface area contributed by atoms with Gasteiger partial charge in [0, 0.05) is 12.1 Å². The van der Waals surface area contributed by atoms with Gasteiger partial charge in [0.1, 0.15) is 0 Å². The maximum absolute atomic E-state index is 4.06. The van der Waals surface area contributed by atoms with E-state index in [1.165, 1.54) is 44.9 Å². The van der Waals surface area contributed by atoms with Crippen LogP contribution in [0.2, 0.25) is 0 Å². The first-order valence-corrected chi connectivity index (χ1v) is 8.87. The fraction of sp³-hybridized carbons (Fsp3) is 0.700. The van der Waals surface area contributed by atoms with Crippen molar-refractivity contribution in [2.45, 2.75) is 77.8 Å². The SMILES string of the molecule is CC(C)(C)C1CCCCC1NC1CCc2ccccc2C1. The van der Waals surface area contributed by atoms with Crippen LogP contribution in [0.15, 0.2) is 24.3 Å². The molecule has 1 fully saturated rings. The van der Waals surface area contributed by atoms with E-state index in [1.807, 2.05) is 0 Å². The first-order chi connectivity index (χ1) is 10.0. The van der Waals surface area contributed by atoms with E-state index in [2.05, 4.69) is 50.4 Å². The van der Waals surface area contributed by atoms with Gasteiger partial charge in [-0.2, -0.15) is 0 Å². The minimum atomic E-state index is 0.435. The van der Waals surface area contributed by atoms with Crippen molar-refractivity contribution in [2.24, 2.45) is 11.3 Å². The maximum atomic E-state index is 4.06. The molecule has 0 aromatic heterocycles. The molecule has 1 aromatic rings. The lowest BCUT2D eigenvalue weighted by atomic mass is 9.69. The van der Waals surface area contributed by atoms with Gasteiger partial charge in [0.15, 0.2) is 0 Å². The van der Waals surface area contributed by atoms with Gasteiger partial charge in [0.25, 0.3) is 0 Å². The molecule has 21 heavy (non-hydrogen) atoms. The van der Waals surface area contributed by atoms with Crippen LogP contribution in [0.5, 0.6) is 0 Å². The van der Waals surface area contributed by atoms with Gasteiger partial charge >= 0.3 is 0 Å². The summed E-state index contributed by atoms with van der Waals surface area (Å²) in [7, 11) is 0. The second-order valence-electron chi connectivity index (χ2n) is 8.24. The Morgan fingerprint density at radius 2 is 1.67 bits per heavy atom. The zero-order valence-corrected chi connectivity index (χ0v) is 14.0. The average molecular weight is 285 g/mol. The number of hydrogen-bond acceptors (Lipinski definition) is 1. The first-order valence-electron chi connectivity index (χ1n) is 8.87. The van der Waals surface area contributed by atoms with E-state index in [9.17, 15) is 0 Å². The van der Waals surface area contributed by atoms with Crippen LogP contribution in [0.25, 0.3) is 0 Å². The zero-order chi connectivity index (χ0) is 14.9. The number of aryl methyl sites for hydroxylation is 1. The van der Waals surface area contributed by atoms with Crippen LogP contribution < -0.4 is 5.32 Å². The Morgan fingerprint density at radius 1 is 0.952 bits per heavy atom. The number of hydrogen-bond donors (Lipinski definition) is 1. The second kappa shape index (κ2) is 6.12. The molecule has 2 aliphatic rings. The highest BCUT2D eigenvalue weighted by molar-refractivity contribution is 5.30. The molecule has 0 spiro atoms. The summed E-state index contributed by atoms with van der Waals surface area (Å²) in [5.41, 5.74) is 3.58. The summed E-state index contributed by atoms with van der Waals surface area (Å²) in [5, 5.41) is 4.06. The van der Waals surface area contributed by atoms with Crippen LogP contribution in [0.1, 0.15) is 64.0 Å². The largest absolute Gasteiger partial charge is 0.311 e. The topological polar surface area (TPSA) is 12.0 Å². The van der Waals surface area contributed by atoms with Crippen molar-refractivity contribution in [1.29, 1.82) is 0 Å². The van der Waals surface area contributed by atoms with Crippen molar-refractivity contribution in [3.8, 4) is 0 Å². The molecule has 0 bridgehead atoms. The molecule has 2 aliphatic carbocycles. The van der Waals surface area contributed by atoms with Crippen LogP contribution in [0.3, 0.4) is 0 Å². The fourth-order valence-corrected chi connectivity index (χ4v) is 4.51. The number of rotatable bonds is 2. The van der Waals surface area contributed by atoms with Crippen LogP contribution >= 0.6 is 0 Å². The van der Waals surface area contributed by atoms with Gasteiger partial charge in [-0.05, 0) is 54.6 Å². The first kappa shape index (κ1) is 15.1. The number of benzene rings is 1. The highest BCUT2D eigenvalue weighted by atomic mass is 15.0. The molecular formula is C20H31N. The molecule has 3 unspecified atom stereocenters. The van der Waals surface area contributed by atoms with Crippen LogP contribution in [0, 0.1) is 11.3 Å². The van der Waals surface area contributed by atoms with E-state index in [0.717, 1.165) is 12.0 Å². The third-order valence-corrected chi connectivity index (χ3v) is 5.67. The average Bonchev–Trinajstić information content (AvgIpc) is 2.46. The van der Waals surface area contributed by atoms with Gasteiger partial charge in [0.2, 0.25) is 0 Å². The quantitative estimate of drug-likeness (QED) is 0.827. The molecule has 1 N–H and O–H groups in total. The monoisotopic (exact) mass is 285 g/mol. The minimum absolute atomic E-state index is 0.435. The lowest BCUT2D eigenvalue weighted by Gasteiger charge is -2.43. The molecular weight excluding hydrogens is 254 g/mol. The standard InChI is InChI=1S/C20H31N/c1-20(2,3)18-10-6-7-11-19(18)21-17-13-12-15-8-4-5-9-16(15)14-17/h4-5,8-9,17-19,21H,6-7,10-14H2,1-3H3. The van der Waals surface area contributed by atoms with E-state index in [-0.39, 0.29) is 0 Å². The lowest BCUT2D eigenvalue weighted by Crippen LogP contribution is -2.49. The molecule has 1 saturated carbocycles. The van der Waals surface area contributed by atoms with Crippen molar-refractivity contribution in [2.75, 3.05) is 0 Å². The van der Waals surface area contributed by atoms with Gasteiger partial charge in [-0.1, -0.05) is 57.9 Å². The van der Waals surface area contributed by atoms with Gasteiger partial charge in [0.05, 0.1) is 0 Å². The molecule has 0 heterocycles. The highest BCUT2D eigenvalue weighted by Crippen LogP contribution is 2.38. The van der Waals surface area contributed by atoms with Crippen LogP contribution in [-0.4, -0.2) is 12.1 Å². The summed E-state index contributed by atoms with van der Waals surface area (Å²) in [6.45, 7) is 7.27. The van der Waals surface area contributed by atoms with E-state index < -0.39 is 0 Å². The van der Waals surface area contributed by atoms with Gasteiger partial charge in [-0.25, -0.2) is 0 Å². The highest BCUT2D eigenvalue weighted by Gasteiger charge is 2.35.